The number of carbonyl (C=O) groups is 2. The van der Waals surface area contributed by atoms with E-state index in [1.165, 1.54) is 11.1 Å². The zero-order valence-electron chi connectivity index (χ0n) is 25.9. The van der Waals surface area contributed by atoms with Gasteiger partial charge in [-0.25, -0.2) is 5.01 Å². The minimum atomic E-state index is -0.233. The predicted octanol–water partition coefficient (Wildman–Crippen LogP) is 4.80. The van der Waals surface area contributed by atoms with Crippen LogP contribution in [0.1, 0.15) is 30.9 Å². The minimum Gasteiger partial charge on any atom is -0.455 e. The van der Waals surface area contributed by atoms with Crippen molar-refractivity contribution in [2.45, 2.75) is 39.9 Å². The van der Waals surface area contributed by atoms with Crippen LogP contribution in [0.25, 0.3) is 11.4 Å². The first-order chi connectivity index (χ1) is 21.7. The van der Waals surface area contributed by atoms with Crippen molar-refractivity contribution in [3.63, 3.8) is 0 Å². The predicted molar refractivity (Wildman–Crippen MR) is 173 cm³/mol. The van der Waals surface area contributed by atoms with Gasteiger partial charge in [0.25, 0.3) is 5.91 Å². The number of amides is 2. The van der Waals surface area contributed by atoms with E-state index in [1.807, 2.05) is 43.1 Å². The number of nitrogens with zero attached hydrogens (tertiary/aromatic N) is 5. The SMILES string of the molecule is Cc1nc(-c2ccc(Oc3ccc(Cl)cc3)c(N(CC(=O)NCCNC(C)C)CC(=O)N(C)N3Cc4ccccc4C3)c2)no1. The Balaban J connectivity index is 1.44. The lowest BCUT2D eigenvalue weighted by molar-refractivity contribution is -0.145. The van der Waals surface area contributed by atoms with E-state index in [9.17, 15) is 9.59 Å². The molecule has 11 nitrogen and oxygen atoms in total. The maximum Gasteiger partial charge on any atom is 0.256 e. The van der Waals surface area contributed by atoms with E-state index in [0.29, 0.717) is 71.7 Å². The van der Waals surface area contributed by atoms with Gasteiger partial charge in [0.2, 0.25) is 17.6 Å². The van der Waals surface area contributed by atoms with Crippen molar-refractivity contribution in [3.8, 4) is 22.9 Å². The molecule has 0 fully saturated rings. The van der Waals surface area contributed by atoms with Crippen LogP contribution in [0.2, 0.25) is 5.02 Å². The van der Waals surface area contributed by atoms with Crippen LogP contribution in [-0.2, 0) is 22.7 Å². The third-order valence-corrected chi connectivity index (χ3v) is 7.65. The number of hydrazine groups is 1. The van der Waals surface area contributed by atoms with Gasteiger partial charge in [0.05, 0.1) is 18.8 Å². The Morgan fingerprint density at radius 1 is 1.02 bits per heavy atom. The number of halogens is 1. The monoisotopic (exact) mass is 631 g/mol. The highest BCUT2D eigenvalue weighted by Gasteiger charge is 2.28. The van der Waals surface area contributed by atoms with Crippen molar-refractivity contribution in [2.75, 3.05) is 38.1 Å². The summed E-state index contributed by atoms with van der Waals surface area (Å²) in [5.41, 5.74) is 3.54. The van der Waals surface area contributed by atoms with Crippen molar-refractivity contribution >= 4 is 29.1 Å². The number of ether oxygens (including phenoxy) is 1. The van der Waals surface area contributed by atoms with Crippen LogP contribution < -0.4 is 20.3 Å². The molecule has 236 valence electrons. The number of aryl methyl sites for hydroxylation is 1. The summed E-state index contributed by atoms with van der Waals surface area (Å²) in [6.45, 7) is 7.94. The highest BCUT2D eigenvalue weighted by molar-refractivity contribution is 6.30. The molecular weight excluding hydrogens is 594 g/mol. The molecule has 1 aliphatic heterocycles. The number of anilines is 1. The summed E-state index contributed by atoms with van der Waals surface area (Å²) in [4.78, 5) is 33.2. The number of rotatable bonds is 13. The third kappa shape index (κ3) is 8.39. The maximum absolute atomic E-state index is 13.9. The number of nitrogens with one attached hydrogen (secondary N) is 2. The molecule has 2 heterocycles. The Labute approximate surface area is 268 Å². The van der Waals surface area contributed by atoms with Crippen LogP contribution >= 0.6 is 11.6 Å². The molecule has 0 bridgehead atoms. The molecule has 0 saturated heterocycles. The number of hydrogen-bond donors (Lipinski definition) is 2. The number of benzene rings is 3. The molecule has 0 radical (unpaired) electrons. The summed E-state index contributed by atoms with van der Waals surface area (Å²) in [5, 5.41) is 14.5. The molecule has 2 amide bonds. The Morgan fingerprint density at radius 2 is 1.73 bits per heavy atom. The standard InChI is InChI=1S/C33H38ClN7O4/c1-22(2)35-15-16-36-31(42)20-40(21-32(43)39(4)41-18-25-7-5-6-8-26(25)19-41)29-17-24(33-37-23(3)45-38-33)9-14-30(29)44-28-12-10-27(34)11-13-28/h5-14,17,22,35H,15-16,18-21H2,1-4H3,(H,36,42). The molecule has 0 unspecified atom stereocenters. The second-order valence-corrected chi connectivity index (χ2v) is 11.6. The zero-order valence-corrected chi connectivity index (χ0v) is 26.7. The Hall–Kier alpha value is -4.45. The van der Waals surface area contributed by atoms with Crippen LogP contribution in [0.5, 0.6) is 11.5 Å². The van der Waals surface area contributed by atoms with Gasteiger partial charge in [-0.1, -0.05) is 54.9 Å². The summed E-state index contributed by atoms with van der Waals surface area (Å²) in [5.74, 6) is 1.38. The average molecular weight is 632 g/mol. The molecule has 0 spiro atoms. The van der Waals surface area contributed by atoms with Gasteiger partial charge in [-0.15, -0.1) is 0 Å². The van der Waals surface area contributed by atoms with Crippen LogP contribution in [-0.4, -0.2) is 71.2 Å². The van der Waals surface area contributed by atoms with Crippen LogP contribution in [0.15, 0.2) is 71.3 Å². The lowest BCUT2D eigenvalue weighted by atomic mass is 10.1. The smallest absolute Gasteiger partial charge is 0.256 e. The highest BCUT2D eigenvalue weighted by Crippen LogP contribution is 2.36. The summed E-state index contributed by atoms with van der Waals surface area (Å²) < 4.78 is 11.5. The molecule has 0 saturated carbocycles. The number of likely N-dealkylation sites (N-methyl/N-ethyl adjacent to an activating group) is 1. The van der Waals surface area contributed by atoms with E-state index in [-0.39, 0.29) is 24.9 Å². The number of carbonyl (C=O) groups excluding carboxylic acids is 2. The Morgan fingerprint density at radius 3 is 2.38 bits per heavy atom. The van der Waals surface area contributed by atoms with Crippen LogP contribution in [0, 0.1) is 6.92 Å². The molecule has 45 heavy (non-hydrogen) atoms. The lowest BCUT2D eigenvalue weighted by Gasteiger charge is -2.32. The first kappa shape index (κ1) is 32.0. The van der Waals surface area contributed by atoms with Gasteiger partial charge in [-0.3, -0.25) is 14.6 Å². The molecule has 3 aromatic carbocycles. The molecule has 2 N–H and O–H groups in total. The third-order valence-electron chi connectivity index (χ3n) is 7.40. The van der Waals surface area contributed by atoms with E-state index in [1.54, 1.807) is 54.2 Å². The fourth-order valence-electron chi connectivity index (χ4n) is 5.00. The van der Waals surface area contributed by atoms with Crippen molar-refractivity contribution in [3.05, 3.63) is 88.8 Å². The summed E-state index contributed by atoms with van der Waals surface area (Å²) in [6.07, 6.45) is 0. The zero-order chi connectivity index (χ0) is 31.9. The van der Waals surface area contributed by atoms with Gasteiger partial charge in [0.15, 0.2) is 5.75 Å². The molecule has 0 aliphatic carbocycles. The van der Waals surface area contributed by atoms with Gasteiger partial charge in [0.1, 0.15) is 5.75 Å². The summed E-state index contributed by atoms with van der Waals surface area (Å²) in [6, 6.07) is 20.8. The second-order valence-electron chi connectivity index (χ2n) is 11.2. The molecule has 1 aliphatic rings. The number of fused-ring (bicyclic) bond motifs is 1. The molecule has 4 aromatic rings. The summed E-state index contributed by atoms with van der Waals surface area (Å²) >= 11 is 6.10. The van der Waals surface area contributed by atoms with Gasteiger partial charge < -0.3 is 24.8 Å². The summed E-state index contributed by atoms with van der Waals surface area (Å²) in [7, 11) is 1.76. The molecule has 5 rings (SSSR count). The average Bonchev–Trinajstić information content (AvgIpc) is 3.66. The van der Waals surface area contributed by atoms with E-state index in [0.717, 1.165) is 0 Å². The fourth-order valence-corrected chi connectivity index (χ4v) is 5.13. The van der Waals surface area contributed by atoms with Gasteiger partial charge in [-0.2, -0.15) is 4.98 Å². The van der Waals surface area contributed by atoms with Crippen molar-refractivity contribution in [2.24, 2.45) is 0 Å². The van der Waals surface area contributed by atoms with Crippen molar-refractivity contribution < 1.29 is 18.8 Å². The molecular formula is C33H38ClN7O4. The van der Waals surface area contributed by atoms with E-state index in [2.05, 4.69) is 32.9 Å². The fraction of sp³-hybridized carbons (Fsp3) is 0.333. The van der Waals surface area contributed by atoms with Gasteiger partial charge >= 0.3 is 0 Å². The Kier molecular flexibility index (Phi) is 10.3. The van der Waals surface area contributed by atoms with E-state index >= 15 is 0 Å². The van der Waals surface area contributed by atoms with Gasteiger partial charge in [-0.05, 0) is 53.6 Å². The second kappa shape index (κ2) is 14.6. The van der Waals surface area contributed by atoms with E-state index < -0.39 is 0 Å². The number of hydrogen-bond acceptors (Lipinski definition) is 9. The van der Waals surface area contributed by atoms with Crippen LogP contribution in [0.4, 0.5) is 5.69 Å². The van der Waals surface area contributed by atoms with E-state index in [4.69, 9.17) is 20.9 Å². The normalized spacial score (nSPS) is 12.7. The van der Waals surface area contributed by atoms with Crippen molar-refractivity contribution in [1.82, 2.24) is 30.8 Å². The molecule has 0 atom stereocenters. The largest absolute Gasteiger partial charge is 0.455 e. The minimum absolute atomic E-state index is 0.0901. The van der Waals surface area contributed by atoms with Crippen molar-refractivity contribution in [1.29, 1.82) is 0 Å². The first-order valence-corrected chi connectivity index (χ1v) is 15.3. The highest BCUT2D eigenvalue weighted by atomic mass is 35.5. The quantitative estimate of drug-likeness (QED) is 0.201. The topological polar surface area (TPSA) is 116 Å². The van der Waals surface area contributed by atoms with Crippen LogP contribution in [0.3, 0.4) is 0 Å². The lowest BCUT2D eigenvalue weighted by Crippen LogP contribution is -2.48. The first-order valence-electron chi connectivity index (χ1n) is 14.9. The number of aromatic nitrogens is 2. The van der Waals surface area contributed by atoms with Gasteiger partial charge in [0, 0.05) is 56.8 Å². The molecule has 12 heteroatoms. The Bertz CT molecular complexity index is 1600. The maximum atomic E-state index is 13.9. The molecule has 1 aromatic heterocycles.